The lowest BCUT2D eigenvalue weighted by atomic mass is 10.1. The van der Waals surface area contributed by atoms with Gasteiger partial charge >= 0.3 is 0 Å². The zero-order valence-electron chi connectivity index (χ0n) is 10.3. The molecule has 19 heavy (non-hydrogen) atoms. The van der Waals surface area contributed by atoms with Crippen LogP contribution < -0.4 is 5.73 Å². The number of rotatable bonds is 4. The van der Waals surface area contributed by atoms with Crippen molar-refractivity contribution in [1.29, 1.82) is 0 Å². The summed E-state index contributed by atoms with van der Waals surface area (Å²) in [6.07, 6.45) is 3.29. The van der Waals surface area contributed by atoms with E-state index in [1.54, 1.807) is 12.4 Å². The highest BCUT2D eigenvalue weighted by Crippen LogP contribution is 2.20. The Bertz CT molecular complexity index is 610. The second-order valence-corrected chi connectivity index (χ2v) is 4.29. The SMILES string of the molecule is CC(N)c1cnn(Cc2cc(F)ccc2[N+](=O)[O-])c1. The lowest BCUT2D eigenvalue weighted by molar-refractivity contribution is -0.385. The fourth-order valence-corrected chi connectivity index (χ4v) is 1.73. The summed E-state index contributed by atoms with van der Waals surface area (Å²) in [4.78, 5) is 10.3. The van der Waals surface area contributed by atoms with Gasteiger partial charge in [-0.1, -0.05) is 0 Å². The molecule has 0 aliphatic heterocycles. The van der Waals surface area contributed by atoms with Crippen LogP contribution in [0, 0.1) is 15.9 Å². The fraction of sp³-hybridized carbons (Fsp3) is 0.250. The van der Waals surface area contributed by atoms with E-state index >= 15 is 0 Å². The molecule has 0 spiro atoms. The van der Waals surface area contributed by atoms with Crippen LogP contribution in [0.25, 0.3) is 0 Å². The van der Waals surface area contributed by atoms with E-state index in [1.807, 2.05) is 6.92 Å². The number of halogens is 1. The minimum absolute atomic E-state index is 0.126. The van der Waals surface area contributed by atoms with E-state index in [1.165, 1.54) is 4.68 Å². The Morgan fingerprint density at radius 2 is 2.32 bits per heavy atom. The second kappa shape index (κ2) is 5.15. The summed E-state index contributed by atoms with van der Waals surface area (Å²) in [7, 11) is 0. The summed E-state index contributed by atoms with van der Waals surface area (Å²) in [5, 5.41) is 14.9. The van der Waals surface area contributed by atoms with Gasteiger partial charge in [0.1, 0.15) is 5.82 Å². The van der Waals surface area contributed by atoms with Gasteiger partial charge in [0.05, 0.1) is 23.2 Å². The van der Waals surface area contributed by atoms with Gasteiger partial charge < -0.3 is 5.73 Å². The maximum atomic E-state index is 13.2. The van der Waals surface area contributed by atoms with Crippen molar-refractivity contribution in [3.63, 3.8) is 0 Å². The fourth-order valence-electron chi connectivity index (χ4n) is 1.73. The van der Waals surface area contributed by atoms with Gasteiger partial charge in [0, 0.05) is 23.9 Å². The topological polar surface area (TPSA) is 87.0 Å². The standard InChI is InChI=1S/C12H13FN4O2/c1-8(14)10-5-15-16(7-10)6-9-4-11(13)2-3-12(9)17(18)19/h2-5,7-8H,6,14H2,1H3. The number of benzene rings is 1. The highest BCUT2D eigenvalue weighted by atomic mass is 19.1. The molecule has 100 valence electrons. The molecule has 0 bridgehead atoms. The van der Waals surface area contributed by atoms with Crippen molar-refractivity contribution < 1.29 is 9.31 Å². The van der Waals surface area contributed by atoms with Crippen molar-refractivity contribution in [3.05, 3.63) is 57.7 Å². The predicted octanol–water partition coefficient (Wildman–Crippen LogP) is 2.00. The molecular formula is C12H13FN4O2. The van der Waals surface area contributed by atoms with Crippen LogP contribution in [0.1, 0.15) is 24.1 Å². The first-order chi connectivity index (χ1) is 8.97. The van der Waals surface area contributed by atoms with E-state index in [-0.39, 0.29) is 23.8 Å². The van der Waals surface area contributed by atoms with Crippen molar-refractivity contribution in [3.8, 4) is 0 Å². The molecule has 1 aromatic carbocycles. The Hall–Kier alpha value is -2.28. The van der Waals surface area contributed by atoms with Gasteiger partial charge in [0.25, 0.3) is 5.69 Å². The largest absolute Gasteiger partial charge is 0.324 e. The average molecular weight is 264 g/mol. The minimum Gasteiger partial charge on any atom is -0.324 e. The highest BCUT2D eigenvalue weighted by molar-refractivity contribution is 5.40. The molecule has 0 radical (unpaired) electrons. The molecule has 2 N–H and O–H groups in total. The zero-order valence-corrected chi connectivity index (χ0v) is 10.3. The maximum Gasteiger partial charge on any atom is 0.274 e. The molecule has 0 amide bonds. The Morgan fingerprint density at radius 1 is 1.58 bits per heavy atom. The quantitative estimate of drug-likeness (QED) is 0.675. The molecule has 1 heterocycles. The van der Waals surface area contributed by atoms with Gasteiger partial charge in [0.2, 0.25) is 0 Å². The number of aromatic nitrogens is 2. The van der Waals surface area contributed by atoms with Gasteiger partial charge in [-0.25, -0.2) is 4.39 Å². The minimum atomic E-state index is -0.537. The van der Waals surface area contributed by atoms with Gasteiger partial charge in [-0.2, -0.15) is 5.10 Å². The lowest BCUT2D eigenvalue weighted by Gasteiger charge is -2.04. The average Bonchev–Trinajstić information content (AvgIpc) is 2.77. The number of nitrogens with two attached hydrogens (primary N) is 1. The van der Waals surface area contributed by atoms with Crippen LogP contribution in [0.5, 0.6) is 0 Å². The van der Waals surface area contributed by atoms with Crippen molar-refractivity contribution in [2.75, 3.05) is 0 Å². The number of nitro groups is 1. The van der Waals surface area contributed by atoms with Crippen LogP contribution in [-0.2, 0) is 6.54 Å². The molecule has 0 fully saturated rings. The molecule has 2 rings (SSSR count). The molecule has 1 aromatic heterocycles. The third-order valence-electron chi connectivity index (χ3n) is 2.75. The maximum absolute atomic E-state index is 13.2. The molecule has 2 aromatic rings. The molecule has 1 unspecified atom stereocenters. The van der Waals surface area contributed by atoms with E-state index < -0.39 is 10.7 Å². The Balaban J connectivity index is 2.31. The first kappa shape index (κ1) is 13.2. The smallest absolute Gasteiger partial charge is 0.274 e. The van der Waals surface area contributed by atoms with Crippen molar-refractivity contribution in [2.24, 2.45) is 5.73 Å². The van der Waals surface area contributed by atoms with E-state index in [4.69, 9.17) is 5.73 Å². The number of nitrogens with zero attached hydrogens (tertiary/aromatic N) is 3. The second-order valence-electron chi connectivity index (χ2n) is 4.29. The van der Waals surface area contributed by atoms with E-state index in [0.717, 1.165) is 23.8 Å². The Morgan fingerprint density at radius 3 is 2.89 bits per heavy atom. The van der Waals surface area contributed by atoms with E-state index in [2.05, 4.69) is 5.10 Å². The summed E-state index contributed by atoms with van der Waals surface area (Å²) >= 11 is 0. The zero-order chi connectivity index (χ0) is 14.0. The molecule has 0 saturated carbocycles. The van der Waals surface area contributed by atoms with Crippen LogP contribution in [-0.4, -0.2) is 14.7 Å². The van der Waals surface area contributed by atoms with Gasteiger partial charge in [-0.05, 0) is 19.1 Å². The molecular weight excluding hydrogens is 251 g/mol. The van der Waals surface area contributed by atoms with Crippen molar-refractivity contribution in [1.82, 2.24) is 9.78 Å². The van der Waals surface area contributed by atoms with Crippen LogP contribution >= 0.6 is 0 Å². The number of nitro benzene ring substituents is 1. The van der Waals surface area contributed by atoms with Crippen molar-refractivity contribution in [2.45, 2.75) is 19.5 Å². The first-order valence-electron chi connectivity index (χ1n) is 5.68. The Labute approximate surface area is 108 Å². The van der Waals surface area contributed by atoms with Crippen LogP contribution in [0.3, 0.4) is 0 Å². The van der Waals surface area contributed by atoms with Gasteiger partial charge in [0.15, 0.2) is 0 Å². The molecule has 0 aliphatic carbocycles. The number of hydrogen-bond donors (Lipinski definition) is 1. The summed E-state index contributed by atoms with van der Waals surface area (Å²) in [6, 6.07) is 3.20. The first-order valence-corrected chi connectivity index (χ1v) is 5.68. The summed E-state index contributed by atoms with van der Waals surface area (Å²) in [5.41, 5.74) is 6.66. The monoisotopic (exact) mass is 264 g/mol. The molecule has 0 aliphatic rings. The molecule has 0 saturated heterocycles. The normalized spacial score (nSPS) is 12.4. The Kier molecular flexibility index (Phi) is 3.57. The lowest BCUT2D eigenvalue weighted by Crippen LogP contribution is -2.05. The third-order valence-corrected chi connectivity index (χ3v) is 2.75. The van der Waals surface area contributed by atoms with Crippen LogP contribution in [0.4, 0.5) is 10.1 Å². The molecule has 7 heteroatoms. The summed E-state index contributed by atoms with van der Waals surface area (Å²) in [6.45, 7) is 1.94. The van der Waals surface area contributed by atoms with Crippen LogP contribution in [0.2, 0.25) is 0 Å². The third kappa shape index (κ3) is 2.94. The predicted molar refractivity (Wildman–Crippen MR) is 67.0 cm³/mol. The number of hydrogen-bond acceptors (Lipinski definition) is 4. The van der Waals surface area contributed by atoms with Gasteiger partial charge in [-0.15, -0.1) is 0 Å². The van der Waals surface area contributed by atoms with E-state index in [0.29, 0.717) is 0 Å². The van der Waals surface area contributed by atoms with Crippen LogP contribution in [0.15, 0.2) is 30.6 Å². The van der Waals surface area contributed by atoms with Crippen molar-refractivity contribution >= 4 is 5.69 Å². The van der Waals surface area contributed by atoms with Gasteiger partial charge in [-0.3, -0.25) is 14.8 Å². The summed E-state index contributed by atoms with van der Waals surface area (Å²) < 4.78 is 14.7. The summed E-state index contributed by atoms with van der Waals surface area (Å²) in [5.74, 6) is -0.514. The highest BCUT2D eigenvalue weighted by Gasteiger charge is 2.15. The molecule has 1 atom stereocenters. The molecule has 6 nitrogen and oxygen atoms in total. The van der Waals surface area contributed by atoms with E-state index in [9.17, 15) is 14.5 Å².